The highest BCUT2D eigenvalue weighted by Crippen LogP contribution is 2.26. The molecule has 1 aromatic heterocycles. The number of anilines is 1. The molecule has 0 saturated carbocycles. The molecule has 5 nitrogen and oxygen atoms in total. The normalized spacial score (nSPS) is 23.1. The van der Waals surface area contributed by atoms with Crippen molar-refractivity contribution in [1.29, 1.82) is 0 Å². The van der Waals surface area contributed by atoms with E-state index in [1.54, 1.807) is 6.20 Å². The summed E-state index contributed by atoms with van der Waals surface area (Å²) in [6, 6.07) is 0.160. The first-order chi connectivity index (χ1) is 9.52. The summed E-state index contributed by atoms with van der Waals surface area (Å²) in [6.45, 7) is 6.67. The standard InChI is InChI=1S/C14H23BrN4O/c1-3-4-5-19-14(20)13(15)12(7-17-19)18-8-10(2)6-11(16)9-18/h7,10-11H,3-6,8-9,16H2,1-2H3. The lowest BCUT2D eigenvalue weighted by Gasteiger charge is -2.36. The lowest BCUT2D eigenvalue weighted by molar-refractivity contribution is 0.400. The Hall–Kier alpha value is -0.880. The maximum absolute atomic E-state index is 12.3. The first-order valence-corrected chi connectivity index (χ1v) is 8.08. The minimum absolute atomic E-state index is 0.0530. The van der Waals surface area contributed by atoms with Gasteiger partial charge in [-0.3, -0.25) is 4.79 Å². The fourth-order valence-electron chi connectivity index (χ4n) is 2.74. The number of hydrogen-bond donors (Lipinski definition) is 1. The Morgan fingerprint density at radius 3 is 2.90 bits per heavy atom. The Labute approximate surface area is 128 Å². The van der Waals surface area contributed by atoms with Crippen LogP contribution < -0.4 is 16.2 Å². The molecule has 0 amide bonds. The van der Waals surface area contributed by atoms with E-state index < -0.39 is 0 Å². The molecule has 0 spiro atoms. The summed E-state index contributed by atoms with van der Waals surface area (Å²) in [6.07, 6.45) is 4.83. The number of aryl methyl sites for hydroxylation is 1. The zero-order valence-corrected chi connectivity index (χ0v) is 13.8. The average molecular weight is 343 g/mol. The fourth-order valence-corrected chi connectivity index (χ4v) is 3.30. The maximum atomic E-state index is 12.3. The van der Waals surface area contributed by atoms with Crippen molar-refractivity contribution in [2.75, 3.05) is 18.0 Å². The van der Waals surface area contributed by atoms with Crippen LogP contribution in [0.4, 0.5) is 5.69 Å². The van der Waals surface area contributed by atoms with Crippen molar-refractivity contribution >= 4 is 21.6 Å². The summed E-state index contributed by atoms with van der Waals surface area (Å²) in [5.74, 6) is 0.535. The summed E-state index contributed by atoms with van der Waals surface area (Å²) >= 11 is 3.44. The molecule has 1 aliphatic heterocycles. The Balaban J connectivity index is 2.24. The van der Waals surface area contributed by atoms with Crippen LogP contribution in [-0.2, 0) is 6.54 Å². The Morgan fingerprint density at radius 2 is 2.25 bits per heavy atom. The van der Waals surface area contributed by atoms with Crippen LogP contribution in [0.1, 0.15) is 33.1 Å². The second-order valence-electron chi connectivity index (χ2n) is 5.73. The molecule has 0 bridgehead atoms. The smallest absolute Gasteiger partial charge is 0.283 e. The third kappa shape index (κ3) is 3.41. The van der Waals surface area contributed by atoms with E-state index in [9.17, 15) is 4.79 Å². The molecule has 2 unspecified atom stereocenters. The lowest BCUT2D eigenvalue weighted by Crippen LogP contribution is -2.47. The van der Waals surface area contributed by atoms with Gasteiger partial charge in [-0.2, -0.15) is 5.10 Å². The molecule has 112 valence electrons. The van der Waals surface area contributed by atoms with Crippen molar-refractivity contribution in [3.8, 4) is 0 Å². The largest absolute Gasteiger partial charge is 0.367 e. The Kier molecular flexibility index (Phi) is 5.21. The Bertz CT molecular complexity index is 506. The van der Waals surface area contributed by atoms with Gasteiger partial charge < -0.3 is 10.6 Å². The quantitative estimate of drug-likeness (QED) is 0.908. The number of rotatable bonds is 4. The van der Waals surface area contributed by atoms with Gasteiger partial charge in [0.25, 0.3) is 5.56 Å². The summed E-state index contributed by atoms with van der Waals surface area (Å²) < 4.78 is 2.13. The highest BCUT2D eigenvalue weighted by Gasteiger charge is 2.25. The molecule has 1 fully saturated rings. The lowest BCUT2D eigenvalue weighted by atomic mass is 9.96. The third-order valence-electron chi connectivity index (χ3n) is 3.72. The van der Waals surface area contributed by atoms with Crippen LogP contribution in [0, 0.1) is 5.92 Å². The monoisotopic (exact) mass is 342 g/mol. The van der Waals surface area contributed by atoms with Crippen molar-refractivity contribution in [3.05, 3.63) is 21.0 Å². The first kappa shape index (κ1) is 15.5. The van der Waals surface area contributed by atoms with E-state index in [2.05, 4.69) is 39.8 Å². The van der Waals surface area contributed by atoms with E-state index in [-0.39, 0.29) is 11.6 Å². The first-order valence-electron chi connectivity index (χ1n) is 7.29. The molecule has 2 atom stereocenters. The molecular formula is C14H23BrN4O. The highest BCUT2D eigenvalue weighted by atomic mass is 79.9. The predicted octanol–water partition coefficient (Wildman–Crippen LogP) is 1.98. The summed E-state index contributed by atoms with van der Waals surface area (Å²) in [7, 11) is 0. The van der Waals surface area contributed by atoms with Gasteiger partial charge in [-0.05, 0) is 34.7 Å². The molecule has 20 heavy (non-hydrogen) atoms. The average Bonchev–Trinajstić information content (AvgIpc) is 2.39. The zero-order chi connectivity index (χ0) is 14.7. The van der Waals surface area contributed by atoms with Crippen LogP contribution >= 0.6 is 15.9 Å². The van der Waals surface area contributed by atoms with E-state index in [1.165, 1.54) is 4.68 Å². The van der Waals surface area contributed by atoms with Gasteiger partial charge in [0.05, 0.1) is 11.9 Å². The van der Waals surface area contributed by atoms with Crippen molar-refractivity contribution in [2.45, 2.75) is 45.7 Å². The van der Waals surface area contributed by atoms with Gasteiger partial charge >= 0.3 is 0 Å². The van der Waals surface area contributed by atoms with E-state index >= 15 is 0 Å². The minimum Gasteiger partial charge on any atom is -0.367 e. The summed E-state index contributed by atoms with van der Waals surface area (Å²) in [5, 5.41) is 4.29. The number of aromatic nitrogens is 2. The molecule has 1 aliphatic rings. The number of unbranched alkanes of at least 4 members (excludes halogenated alkanes) is 1. The van der Waals surface area contributed by atoms with Gasteiger partial charge in [-0.25, -0.2) is 4.68 Å². The SMILES string of the molecule is CCCCn1ncc(N2CC(C)CC(N)C2)c(Br)c1=O. The van der Waals surface area contributed by atoms with Gasteiger partial charge in [0.1, 0.15) is 4.47 Å². The van der Waals surface area contributed by atoms with Crippen LogP contribution in [0.2, 0.25) is 0 Å². The number of nitrogens with zero attached hydrogens (tertiary/aromatic N) is 3. The van der Waals surface area contributed by atoms with Crippen molar-refractivity contribution in [2.24, 2.45) is 11.7 Å². The number of nitrogens with two attached hydrogens (primary N) is 1. The summed E-state index contributed by atoms with van der Waals surface area (Å²) in [4.78, 5) is 14.5. The van der Waals surface area contributed by atoms with Crippen molar-refractivity contribution in [3.63, 3.8) is 0 Å². The van der Waals surface area contributed by atoms with Gasteiger partial charge in [0.15, 0.2) is 0 Å². The van der Waals surface area contributed by atoms with Crippen LogP contribution in [0.25, 0.3) is 0 Å². The fraction of sp³-hybridized carbons (Fsp3) is 0.714. The van der Waals surface area contributed by atoms with Crippen LogP contribution in [0.15, 0.2) is 15.5 Å². The van der Waals surface area contributed by atoms with E-state index in [0.29, 0.717) is 16.9 Å². The van der Waals surface area contributed by atoms with Crippen molar-refractivity contribution in [1.82, 2.24) is 9.78 Å². The zero-order valence-electron chi connectivity index (χ0n) is 12.2. The second kappa shape index (κ2) is 6.72. The molecule has 6 heteroatoms. The van der Waals surface area contributed by atoms with Gasteiger partial charge in [-0.1, -0.05) is 20.3 Å². The number of piperidine rings is 1. The molecule has 0 aliphatic carbocycles. The molecule has 2 heterocycles. The second-order valence-corrected chi connectivity index (χ2v) is 6.52. The molecule has 2 N–H and O–H groups in total. The molecule has 0 aromatic carbocycles. The molecule has 1 saturated heterocycles. The predicted molar refractivity (Wildman–Crippen MR) is 85.1 cm³/mol. The highest BCUT2D eigenvalue weighted by molar-refractivity contribution is 9.10. The maximum Gasteiger partial charge on any atom is 0.283 e. The molecule has 1 aromatic rings. The summed E-state index contributed by atoms with van der Waals surface area (Å²) in [5.41, 5.74) is 6.89. The van der Waals surface area contributed by atoms with Crippen molar-refractivity contribution < 1.29 is 0 Å². The van der Waals surface area contributed by atoms with Crippen LogP contribution in [0.5, 0.6) is 0 Å². The van der Waals surface area contributed by atoms with E-state index in [4.69, 9.17) is 5.73 Å². The molecular weight excluding hydrogens is 320 g/mol. The van der Waals surface area contributed by atoms with Crippen LogP contribution in [-0.4, -0.2) is 28.9 Å². The third-order valence-corrected chi connectivity index (χ3v) is 4.47. The van der Waals surface area contributed by atoms with E-state index in [1.807, 2.05) is 0 Å². The number of hydrogen-bond acceptors (Lipinski definition) is 4. The topological polar surface area (TPSA) is 64.2 Å². The van der Waals surface area contributed by atoms with E-state index in [0.717, 1.165) is 38.0 Å². The molecule has 0 radical (unpaired) electrons. The number of halogens is 1. The van der Waals surface area contributed by atoms with Gasteiger partial charge in [-0.15, -0.1) is 0 Å². The Morgan fingerprint density at radius 1 is 1.50 bits per heavy atom. The van der Waals surface area contributed by atoms with Gasteiger partial charge in [0, 0.05) is 25.7 Å². The minimum atomic E-state index is -0.0530. The van der Waals surface area contributed by atoms with Crippen LogP contribution in [0.3, 0.4) is 0 Å². The van der Waals surface area contributed by atoms with Gasteiger partial charge in [0.2, 0.25) is 0 Å². The molecule has 2 rings (SSSR count).